The lowest BCUT2D eigenvalue weighted by atomic mass is 10.1. The van der Waals surface area contributed by atoms with E-state index in [0.717, 1.165) is 17.5 Å². The molecule has 0 saturated carbocycles. The standard InChI is InChI=1S/C14H13NO2.2C2H6.CH2O2/c1-10-3-5-12(6-4-10)13-7-11(9-16)8-14(15-13)17-2;2*1-2;2-1-3/h3-9H,1-2H3;2*1-2H3;1H,(H,2,3). The average molecular weight is 333 g/mol. The van der Waals surface area contributed by atoms with Gasteiger partial charge in [-0.2, -0.15) is 0 Å². The first-order chi connectivity index (χ1) is 11.6. The third-order valence-electron chi connectivity index (χ3n) is 2.52. The van der Waals surface area contributed by atoms with E-state index in [1.807, 2.05) is 58.9 Å². The molecule has 0 spiro atoms. The Hall–Kier alpha value is -2.69. The molecule has 0 atom stereocenters. The monoisotopic (exact) mass is 333 g/mol. The Balaban J connectivity index is 0. The van der Waals surface area contributed by atoms with Crippen molar-refractivity contribution in [2.75, 3.05) is 7.11 Å². The number of pyridine rings is 1. The Morgan fingerprint density at radius 3 is 1.92 bits per heavy atom. The first-order valence-electron chi connectivity index (χ1n) is 7.80. The molecule has 0 unspecified atom stereocenters. The predicted octanol–water partition coefficient (Wildman–Crippen LogP) is 4.63. The molecule has 132 valence electrons. The summed E-state index contributed by atoms with van der Waals surface area (Å²) < 4.78 is 5.07. The number of carboxylic acid groups (broad SMARTS) is 1. The van der Waals surface area contributed by atoms with Crippen LogP contribution in [0.5, 0.6) is 5.88 Å². The summed E-state index contributed by atoms with van der Waals surface area (Å²) in [6.45, 7) is 9.78. The van der Waals surface area contributed by atoms with E-state index in [4.69, 9.17) is 14.6 Å². The number of aldehydes is 1. The molecule has 0 aliphatic carbocycles. The molecule has 0 amide bonds. The Labute approximate surface area is 144 Å². The Morgan fingerprint density at radius 1 is 1.00 bits per heavy atom. The van der Waals surface area contributed by atoms with Crippen molar-refractivity contribution in [3.8, 4) is 17.1 Å². The second kappa shape index (κ2) is 15.2. The van der Waals surface area contributed by atoms with Gasteiger partial charge in [-0.3, -0.25) is 9.59 Å². The number of methoxy groups -OCH3 is 1. The van der Waals surface area contributed by atoms with Crippen molar-refractivity contribution < 1.29 is 19.4 Å². The van der Waals surface area contributed by atoms with Gasteiger partial charge in [-0.1, -0.05) is 57.5 Å². The average Bonchev–Trinajstić information content (AvgIpc) is 2.65. The van der Waals surface area contributed by atoms with E-state index in [-0.39, 0.29) is 6.47 Å². The van der Waals surface area contributed by atoms with Crippen molar-refractivity contribution >= 4 is 12.8 Å². The molecular weight excluding hydrogens is 306 g/mol. The maximum atomic E-state index is 10.8. The number of carbonyl (C=O) groups excluding carboxylic acids is 1. The van der Waals surface area contributed by atoms with Gasteiger partial charge >= 0.3 is 0 Å². The molecule has 0 aliphatic heterocycles. The van der Waals surface area contributed by atoms with E-state index in [1.165, 1.54) is 12.7 Å². The van der Waals surface area contributed by atoms with E-state index in [9.17, 15) is 4.79 Å². The highest BCUT2D eigenvalue weighted by atomic mass is 16.5. The van der Waals surface area contributed by atoms with Gasteiger partial charge in [0.1, 0.15) is 6.29 Å². The van der Waals surface area contributed by atoms with Gasteiger partial charge in [0.2, 0.25) is 5.88 Å². The minimum Gasteiger partial charge on any atom is -0.483 e. The molecule has 1 aromatic heterocycles. The van der Waals surface area contributed by atoms with Crippen LogP contribution in [-0.2, 0) is 4.79 Å². The zero-order valence-corrected chi connectivity index (χ0v) is 15.2. The number of hydrogen-bond acceptors (Lipinski definition) is 4. The van der Waals surface area contributed by atoms with Gasteiger partial charge in [-0.25, -0.2) is 4.98 Å². The van der Waals surface area contributed by atoms with Gasteiger partial charge in [-0.15, -0.1) is 0 Å². The molecule has 24 heavy (non-hydrogen) atoms. The number of nitrogens with zero attached hydrogens (tertiary/aromatic N) is 1. The maximum absolute atomic E-state index is 10.8. The van der Waals surface area contributed by atoms with Gasteiger partial charge in [0.25, 0.3) is 6.47 Å². The van der Waals surface area contributed by atoms with Crippen molar-refractivity contribution in [2.45, 2.75) is 34.6 Å². The van der Waals surface area contributed by atoms with Gasteiger partial charge < -0.3 is 9.84 Å². The number of benzene rings is 1. The highest BCUT2D eigenvalue weighted by Gasteiger charge is 2.04. The lowest BCUT2D eigenvalue weighted by molar-refractivity contribution is -0.122. The largest absolute Gasteiger partial charge is 0.483 e. The number of carbonyl (C=O) groups is 2. The van der Waals surface area contributed by atoms with Crippen LogP contribution in [0, 0.1) is 6.92 Å². The van der Waals surface area contributed by atoms with Crippen LogP contribution < -0.4 is 4.74 Å². The van der Waals surface area contributed by atoms with Gasteiger partial charge in [0, 0.05) is 17.2 Å². The third kappa shape index (κ3) is 8.68. The molecule has 1 N–H and O–H groups in total. The molecule has 0 bridgehead atoms. The van der Waals surface area contributed by atoms with Crippen LogP contribution in [0.1, 0.15) is 43.6 Å². The first-order valence-corrected chi connectivity index (χ1v) is 7.80. The van der Waals surface area contributed by atoms with Gasteiger partial charge in [0.15, 0.2) is 0 Å². The van der Waals surface area contributed by atoms with Crippen molar-refractivity contribution in [1.29, 1.82) is 0 Å². The van der Waals surface area contributed by atoms with Gasteiger partial charge in [0.05, 0.1) is 12.8 Å². The molecule has 0 radical (unpaired) electrons. The smallest absolute Gasteiger partial charge is 0.290 e. The van der Waals surface area contributed by atoms with Crippen LogP contribution in [0.3, 0.4) is 0 Å². The molecule has 2 rings (SSSR count). The number of aromatic nitrogens is 1. The summed E-state index contributed by atoms with van der Waals surface area (Å²) in [7, 11) is 1.54. The Kier molecular flexibility index (Phi) is 14.9. The number of ether oxygens (including phenoxy) is 1. The summed E-state index contributed by atoms with van der Waals surface area (Å²) in [5.74, 6) is 0.449. The molecule has 1 heterocycles. The minimum atomic E-state index is -0.250. The van der Waals surface area contributed by atoms with E-state index >= 15 is 0 Å². The lowest BCUT2D eigenvalue weighted by Crippen LogP contribution is -1.93. The summed E-state index contributed by atoms with van der Waals surface area (Å²) in [4.78, 5) is 23.5. The first kappa shape index (κ1) is 23.6. The normalized spacial score (nSPS) is 8.08. The fourth-order valence-corrected chi connectivity index (χ4v) is 1.57. The van der Waals surface area contributed by atoms with Crippen LogP contribution in [0.25, 0.3) is 11.3 Å². The zero-order chi connectivity index (χ0) is 19.0. The lowest BCUT2D eigenvalue weighted by Gasteiger charge is -2.05. The van der Waals surface area contributed by atoms with Crippen molar-refractivity contribution in [3.63, 3.8) is 0 Å². The Morgan fingerprint density at radius 2 is 1.50 bits per heavy atom. The molecule has 0 saturated heterocycles. The van der Waals surface area contributed by atoms with Crippen LogP contribution in [0.15, 0.2) is 36.4 Å². The zero-order valence-electron chi connectivity index (χ0n) is 15.2. The summed E-state index contributed by atoms with van der Waals surface area (Å²) >= 11 is 0. The fraction of sp³-hybridized carbons (Fsp3) is 0.316. The second-order valence-electron chi connectivity index (χ2n) is 3.92. The number of rotatable bonds is 3. The highest BCUT2D eigenvalue weighted by molar-refractivity contribution is 5.78. The molecule has 5 nitrogen and oxygen atoms in total. The SMILES string of the molecule is CC.CC.COc1cc(C=O)cc(-c2ccc(C)cc2)n1.O=CO. The van der Waals surface area contributed by atoms with Crippen LogP contribution >= 0.6 is 0 Å². The van der Waals surface area contributed by atoms with Crippen molar-refractivity contribution in [2.24, 2.45) is 0 Å². The number of hydrogen-bond donors (Lipinski definition) is 1. The molecule has 0 aliphatic rings. The third-order valence-corrected chi connectivity index (χ3v) is 2.52. The van der Waals surface area contributed by atoms with E-state index in [0.29, 0.717) is 11.4 Å². The summed E-state index contributed by atoms with van der Waals surface area (Å²) in [6, 6.07) is 11.3. The van der Waals surface area contributed by atoms with Crippen LogP contribution in [0.2, 0.25) is 0 Å². The summed E-state index contributed by atoms with van der Waals surface area (Å²) in [5, 5.41) is 6.89. The summed E-state index contributed by atoms with van der Waals surface area (Å²) in [6.07, 6.45) is 0.794. The van der Waals surface area contributed by atoms with E-state index in [1.54, 1.807) is 12.1 Å². The van der Waals surface area contributed by atoms with Crippen LogP contribution in [-0.4, -0.2) is 30.0 Å². The second-order valence-corrected chi connectivity index (χ2v) is 3.92. The maximum Gasteiger partial charge on any atom is 0.290 e. The highest BCUT2D eigenvalue weighted by Crippen LogP contribution is 2.21. The molecule has 5 heteroatoms. The van der Waals surface area contributed by atoms with Gasteiger partial charge in [-0.05, 0) is 13.0 Å². The van der Waals surface area contributed by atoms with Crippen molar-refractivity contribution in [1.82, 2.24) is 4.98 Å². The summed E-state index contributed by atoms with van der Waals surface area (Å²) in [5.41, 5.74) is 3.46. The molecular formula is C19H27NO4. The van der Waals surface area contributed by atoms with E-state index < -0.39 is 0 Å². The molecule has 1 aromatic carbocycles. The van der Waals surface area contributed by atoms with Crippen molar-refractivity contribution in [3.05, 3.63) is 47.5 Å². The predicted molar refractivity (Wildman–Crippen MR) is 97.7 cm³/mol. The fourth-order valence-electron chi connectivity index (χ4n) is 1.57. The topological polar surface area (TPSA) is 76.5 Å². The van der Waals surface area contributed by atoms with Crippen LogP contribution in [0.4, 0.5) is 0 Å². The molecule has 2 aromatic rings. The quantitative estimate of drug-likeness (QED) is 0.829. The molecule has 0 fully saturated rings. The van der Waals surface area contributed by atoms with E-state index in [2.05, 4.69) is 4.98 Å². The number of aryl methyl sites for hydroxylation is 1. The minimum absolute atomic E-state index is 0.250. The Bertz CT molecular complexity index is 580.